The van der Waals surface area contributed by atoms with Crippen LogP contribution in [0.25, 0.3) is 0 Å². The Morgan fingerprint density at radius 2 is 1.57 bits per heavy atom. The van der Waals surface area contributed by atoms with Gasteiger partial charge in [0.15, 0.2) is 5.79 Å². The quantitative estimate of drug-likeness (QED) is 0.473. The van der Waals surface area contributed by atoms with Gasteiger partial charge in [-0.15, -0.1) is 0 Å². The van der Waals surface area contributed by atoms with Crippen LogP contribution in [0.15, 0.2) is 0 Å². The summed E-state index contributed by atoms with van der Waals surface area (Å²) in [7, 11) is 0. The normalized spacial score (nSPS) is 32.9. The summed E-state index contributed by atoms with van der Waals surface area (Å²) < 4.78 is 6.67. The molecular weight excluding hydrogens is 348 g/mol. The van der Waals surface area contributed by atoms with E-state index >= 15 is 0 Å². The van der Waals surface area contributed by atoms with Gasteiger partial charge >= 0.3 is 0 Å². The lowest BCUT2D eigenvalue weighted by Gasteiger charge is -2.48. The van der Waals surface area contributed by atoms with Gasteiger partial charge in [0.25, 0.3) is 0 Å². The minimum atomic E-state index is -1.18. The Morgan fingerprint density at radius 1 is 0.964 bits per heavy atom. The molecule has 2 aliphatic rings. The number of aliphatic hydroxyl groups is 2. The van der Waals surface area contributed by atoms with Gasteiger partial charge in [-0.3, -0.25) is 0 Å². The highest BCUT2D eigenvalue weighted by atomic mass is 16.6. The molecule has 2 saturated carbocycles. The maximum atomic E-state index is 11.8. The van der Waals surface area contributed by atoms with Crippen molar-refractivity contribution >= 4 is 0 Å². The third kappa shape index (κ3) is 6.44. The van der Waals surface area contributed by atoms with Crippen molar-refractivity contribution in [1.29, 1.82) is 0 Å². The Kier molecular flexibility index (Phi) is 8.85. The smallest absolute Gasteiger partial charge is 0.171 e. The molecule has 2 aliphatic carbocycles. The first-order valence-electron chi connectivity index (χ1n) is 12.1. The molecule has 2 rings (SSSR count). The van der Waals surface area contributed by atoms with Crippen LogP contribution in [0.5, 0.6) is 0 Å². The highest BCUT2D eigenvalue weighted by Crippen LogP contribution is 2.46. The average Bonchev–Trinajstić information content (AvgIpc) is 2.61. The highest BCUT2D eigenvalue weighted by Gasteiger charge is 2.46. The predicted molar refractivity (Wildman–Crippen MR) is 117 cm³/mol. The second-order valence-electron chi connectivity index (χ2n) is 11.3. The van der Waals surface area contributed by atoms with Crippen LogP contribution in [-0.2, 0) is 4.74 Å². The van der Waals surface area contributed by atoms with Gasteiger partial charge in [0.1, 0.15) is 0 Å². The Morgan fingerprint density at radius 3 is 2.11 bits per heavy atom. The molecule has 0 saturated heterocycles. The molecule has 0 aromatic heterocycles. The lowest BCUT2D eigenvalue weighted by Crippen LogP contribution is -2.51. The largest absolute Gasteiger partial charge is 0.393 e. The standard InChI is InChI=1S/C25H48O3/c1-7-10-21(26)17-25(27,20-15-13-19(14-16-20)18(2)3)28-23-12-9-8-11-22(23)24(4,5)6/h18-23,26-27H,7-17H2,1-6H3. The van der Waals surface area contributed by atoms with E-state index in [9.17, 15) is 10.2 Å². The highest BCUT2D eigenvalue weighted by molar-refractivity contribution is 4.91. The van der Waals surface area contributed by atoms with Crippen molar-refractivity contribution in [2.45, 2.75) is 130 Å². The molecule has 4 atom stereocenters. The van der Waals surface area contributed by atoms with Gasteiger partial charge in [0, 0.05) is 12.3 Å². The molecule has 4 unspecified atom stereocenters. The molecule has 3 nitrogen and oxygen atoms in total. The maximum absolute atomic E-state index is 11.8. The molecule has 2 fully saturated rings. The fraction of sp³-hybridized carbons (Fsp3) is 1.00. The zero-order valence-corrected chi connectivity index (χ0v) is 19.5. The Balaban J connectivity index is 2.16. The van der Waals surface area contributed by atoms with E-state index in [1.165, 1.54) is 32.1 Å². The zero-order valence-electron chi connectivity index (χ0n) is 19.5. The van der Waals surface area contributed by atoms with Gasteiger partial charge in [0.05, 0.1) is 12.2 Å². The van der Waals surface area contributed by atoms with E-state index in [2.05, 4.69) is 41.5 Å². The van der Waals surface area contributed by atoms with E-state index in [1.807, 2.05) is 0 Å². The van der Waals surface area contributed by atoms with Crippen molar-refractivity contribution in [3.8, 4) is 0 Å². The Labute approximate surface area is 174 Å². The third-order valence-electron chi connectivity index (χ3n) is 7.67. The summed E-state index contributed by atoms with van der Waals surface area (Å²) >= 11 is 0. The summed E-state index contributed by atoms with van der Waals surface area (Å²) in [4.78, 5) is 0. The predicted octanol–water partition coefficient (Wildman–Crippen LogP) is 6.31. The van der Waals surface area contributed by atoms with E-state index in [4.69, 9.17) is 4.74 Å². The summed E-state index contributed by atoms with van der Waals surface area (Å²) in [5, 5.41) is 22.4. The minimum Gasteiger partial charge on any atom is -0.393 e. The number of ether oxygens (including phenoxy) is 1. The monoisotopic (exact) mass is 396 g/mol. The molecule has 0 amide bonds. The van der Waals surface area contributed by atoms with Crippen molar-refractivity contribution in [3.63, 3.8) is 0 Å². The molecule has 0 heterocycles. The van der Waals surface area contributed by atoms with Crippen LogP contribution in [0.2, 0.25) is 0 Å². The van der Waals surface area contributed by atoms with Crippen molar-refractivity contribution < 1.29 is 14.9 Å². The van der Waals surface area contributed by atoms with Crippen molar-refractivity contribution in [2.75, 3.05) is 0 Å². The van der Waals surface area contributed by atoms with E-state index in [0.717, 1.165) is 38.0 Å². The van der Waals surface area contributed by atoms with Crippen LogP contribution in [0.4, 0.5) is 0 Å². The summed E-state index contributed by atoms with van der Waals surface area (Å²) in [5.41, 5.74) is 0.184. The summed E-state index contributed by atoms with van der Waals surface area (Å²) in [6.07, 6.45) is 10.7. The van der Waals surface area contributed by atoms with Crippen LogP contribution in [0.3, 0.4) is 0 Å². The van der Waals surface area contributed by atoms with Gasteiger partial charge in [-0.25, -0.2) is 0 Å². The molecular formula is C25H48O3. The molecule has 28 heavy (non-hydrogen) atoms. The first kappa shape index (κ1) is 24.2. The molecule has 0 aromatic carbocycles. The van der Waals surface area contributed by atoms with E-state index < -0.39 is 11.9 Å². The van der Waals surface area contributed by atoms with Crippen LogP contribution in [0.1, 0.15) is 112 Å². The first-order valence-corrected chi connectivity index (χ1v) is 12.1. The number of hydrogen-bond donors (Lipinski definition) is 2. The van der Waals surface area contributed by atoms with Crippen molar-refractivity contribution in [3.05, 3.63) is 0 Å². The van der Waals surface area contributed by atoms with Crippen molar-refractivity contribution in [1.82, 2.24) is 0 Å². The Hall–Kier alpha value is -0.120. The molecule has 166 valence electrons. The second-order valence-corrected chi connectivity index (χ2v) is 11.3. The van der Waals surface area contributed by atoms with Gasteiger partial charge in [-0.1, -0.05) is 60.8 Å². The van der Waals surface area contributed by atoms with Crippen LogP contribution in [0, 0.1) is 29.1 Å². The number of hydrogen-bond acceptors (Lipinski definition) is 3. The fourth-order valence-electron chi connectivity index (χ4n) is 5.81. The van der Waals surface area contributed by atoms with Crippen LogP contribution < -0.4 is 0 Å². The minimum absolute atomic E-state index is 0.107. The summed E-state index contributed by atoms with van der Waals surface area (Å²) in [5.74, 6) is 0.921. The van der Waals surface area contributed by atoms with Gasteiger partial charge in [-0.05, 0) is 68.1 Å². The zero-order chi connectivity index (χ0) is 20.9. The molecule has 0 spiro atoms. The molecule has 0 radical (unpaired) electrons. The third-order valence-corrected chi connectivity index (χ3v) is 7.67. The Bertz CT molecular complexity index is 447. The molecule has 3 heteroatoms. The van der Waals surface area contributed by atoms with E-state index in [1.54, 1.807) is 0 Å². The summed E-state index contributed by atoms with van der Waals surface area (Å²) in [6, 6.07) is 0. The topological polar surface area (TPSA) is 49.7 Å². The average molecular weight is 397 g/mol. The second kappa shape index (κ2) is 10.3. The van der Waals surface area contributed by atoms with Gasteiger partial charge in [0.2, 0.25) is 0 Å². The lowest BCUT2D eigenvalue weighted by atomic mass is 9.70. The lowest BCUT2D eigenvalue weighted by molar-refractivity contribution is -0.293. The van der Waals surface area contributed by atoms with E-state index in [-0.39, 0.29) is 17.4 Å². The van der Waals surface area contributed by atoms with Crippen LogP contribution in [-0.4, -0.2) is 28.2 Å². The number of rotatable bonds is 8. The fourth-order valence-corrected chi connectivity index (χ4v) is 5.81. The summed E-state index contributed by atoms with van der Waals surface area (Å²) in [6.45, 7) is 13.6. The maximum Gasteiger partial charge on any atom is 0.171 e. The van der Waals surface area contributed by atoms with Crippen molar-refractivity contribution in [2.24, 2.45) is 29.1 Å². The van der Waals surface area contributed by atoms with Gasteiger partial charge < -0.3 is 14.9 Å². The van der Waals surface area contributed by atoms with Gasteiger partial charge in [-0.2, -0.15) is 0 Å². The molecule has 2 N–H and O–H groups in total. The first-order chi connectivity index (χ1) is 13.1. The van der Waals surface area contributed by atoms with Crippen LogP contribution >= 0.6 is 0 Å². The molecule has 0 bridgehead atoms. The molecule has 0 aromatic rings. The molecule has 0 aliphatic heterocycles. The van der Waals surface area contributed by atoms with E-state index in [0.29, 0.717) is 18.3 Å². The SMILES string of the molecule is CCCC(O)CC(O)(OC1CCCCC1C(C)(C)C)C1CCC(C(C)C)CC1. The number of aliphatic hydroxyl groups excluding tert-OH is 1.